The molecule has 0 saturated carbocycles. The number of nitrogens with zero attached hydrogens (tertiary/aromatic N) is 1. The summed E-state index contributed by atoms with van der Waals surface area (Å²) in [5.74, 6) is -0.606. The largest absolute Gasteiger partial charge is 0.417 e. The van der Waals surface area contributed by atoms with Crippen LogP contribution in [0.15, 0.2) is 41.4 Å². The fraction of sp³-hybridized carbons (Fsp3) is 0.154. The first-order chi connectivity index (χ1) is 10.1. The van der Waals surface area contributed by atoms with Gasteiger partial charge in [0.15, 0.2) is 9.84 Å². The predicted molar refractivity (Wildman–Crippen MR) is 76.6 cm³/mol. The van der Waals surface area contributed by atoms with Crippen LogP contribution in [-0.4, -0.2) is 13.4 Å². The van der Waals surface area contributed by atoms with Crippen LogP contribution in [0.1, 0.15) is 11.3 Å². The third kappa shape index (κ3) is 3.91. The summed E-state index contributed by atoms with van der Waals surface area (Å²) >= 11 is 11.4. The molecule has 2 rings (SSSR count). The van der Waals surface area contributed by atoms with Crippen molar-refractivity contribution in [3.05, 3.63) is 57.8 Å². The molecule has 1 heterocycles. The summed E-state index contributed by atoms with van der Waals surface area (Å²) < 4.78 is 61.9. The maximum Gasteiger partial charge on any atom is 0.417 e. The molecular formula is C13H8Cl2F3NO2S. The minimum absolute atomic E-state index is 0.0188. The molecular weight excluding hydrogens is 362 g/mol. The Morgan fingerprint density at radius 1 is 1.09 bits per heavy atom. The van der Waals surface area contributed by atoms with Crippen molar-refractivity contribution in [3.63, 3.8) is 0 Å². The van der Waals surface area contributed by atoms with E-state index in [1.54, 1.807) is 0 Å². The lowest BCUT2D eigenvalue weighted by Gasteiger charge is -2.09. The molecule has 0 N–H and O–H groups in total. The number of hydrogen-bond acceptors (Lipinski definition) is 3. The Morgan fingerprint density at radius 3 is 2.18 bits per heavy atom. The molecule has 0 amide bonds. The molecule has 118 valence electrons. The van der Waals surface area contributed by atoms with Crippen LogP contribution in [0, 0.1) is 0 Å². The van der Waals surface area contributed by atoms with Crippen molar-refractivity contribution < 1.29 is 21.6 Å². The zero-order valence-electron chi connectivity index (χ0n) is 10.7. The third-order valence-corrected chi connectivity index (χ3v) is 4.97. The molecule has 0 unspecified atom stereocenters. The average molecular weight is 370 g/mol. The molecule has 0 aliphatic heterocycles. The van der Waals surface area contributed by atoms with Crippen molar-refractivity contribution in [2.24, 2.45) is 0 Å². The molecule has 0 atom stereocenters. The molecule has 3 nitrogen and oxygen atoms in total. The first kappa shape index (κ1) is 17.1. The fourth-order valence-corrected chi connectivity index (χ4v) is 3.38. The van der Waals surface area contributed by atoms with Crippen LogP contribution in [0.2, 0.25) is 10.0 Å². The van der Waals surface area contributed by atoms with Crippen molar-refractivity contribution in [3.8, 4) is 0 Å². The van der Waals surface area contributed by atoms with Crippen LogP contribution in [0.3, 0.4) is 0 Å². The lowest BCUT2D eigenvalue weighted by atomic mass is 10.2. The Kier molecular flexibility index (Phi) is 4.70. The number of hydrogen-bond donors (Lipinski definition) is 0. The Balaban J connectivity index is 2.32. The van der Waals surface area contributed by atoms with Gasteiger partial charge in [-0.05, 0) is 30.3 Å². The molecule has 0 bridgehead atoms. The number of aromatic nitrogens is 1. The van der Waals surface area contributed by atoms with Gasteiger partial charge in [-0.1, -0.05) is 23.2 Å². The highest BCUT2D eigenvalue weighted by Crippen LogP contribution is 2.31. The first-order valence-electron chi connectivity index (χ1n) is 5.79. The number of halogens is 5. The summed E-state index contributed by atoms with van der Waals surface area (Å²) in [6.45, 7) is 0. The molecule has 0 spiro atoms. The minimum Gasteiger partial charge on any atom is -0.258 e. The number of pyridine rings is 1. The Morgan fingerprint density at radius 2 is 1.68 bits per heavy atom. The van der Waals surface area contributed by atoms with Crippen LogP contribution in [-0.2, 0) is 21.8 Å². The van der Waals surface area contributed by atoms with E-state index in [1.165, 1.54) is 24.3 Å². The highest BCUT2D eigenvalue weighted by Gasteiger charge is 2.32. The average Bonchev–Trinajstić information content (AvgIpc) is 2.40. The molecule has 2 aromatic rings. The van der Waals surface area contributed by atoms with Crippen LogP contribution >= 0.6 is 23.2 Å². The van der Waals surface area contributed by atoms with Gasteiger partial charge in [0, 0.05) is 11.2 Å². The van der Waals surface area contributed by atoms with Gasteiger partial charge in [0.05, 0.1) is 26.9 Å². The van der Waals surface area contributed by atoms with Gasteiger partial charge < -0.3 is 0 Å². The normalized spacial score (nSPS) is 12.4. The van der Waals surface area contributed by atoms with E-state index in [0.717, 1.165) is 0 Å². The second-order valence-electron chi connectivity index (χ2n) is 4.36. The Hall–Kier alpha value is -1.31. The van der Waals surface area contributed by atoms with Gasteiger partial charge in [-0.15, -0.1) is 0 Å². The minimum atomic E-state index is -4.59. The van der Waals surface area contributed by atoms with Gasteiger partial charge in [-0.3, -0.25) is 4.98 Å². The maximum absolute atomic E-state index is 12.5. The maximum atomic E-state index is 12.5. The summed E-state index contributed by atoms with van der Waals surface area (Å²) in [6.07, 6.45) is -4.04. The number of benzene rings is 1. The lowest BCUT2D eigenvalue weighted by molar-refractivity contribution is -0.137. The topological polar surface area (TPSA) is 47.0 Å². The van der Waals surface area contributed by atoms with Gasteiger partial charge in [0.25, 0.3) is 0 Å². The van der Waals surface area contributed by atoms with Crippen molar-refractivity contribution >= 4 is 33.0 Å². The van der Waals surface area contributed by atoms with Crippen LogP contribution < -0.4 is 0 Å². The summed E-state index contributed by atoms with van der Waals surface area (Å²) in [7, 11) is -3.79. The van der Waals surface area contributed by atoms with E-state index >= 15 is 0 Å². The predicted octanol–water partition coefficient (Wildman–Crippen LogP) is 4.38. The van der Waals surface area contributed by atoms with Crippen LogP contribution in [0.5, 0.6) is 0 Å². The monoisotopic (exact) mass is 369 g/mol. The van der Waals surface area contributed by atoms with E-state index < -0.39 is 27.3 Å². The number of sulfone groups is 1. The van der Waals surface area contributed by atoms with E-state index in [9.17, 15) is 21.6 Å². The molecule has 0 aliphatic carbocycles. The fourth-order valence-electron chi connectivity index (χ4n) is 1.63. The molecule has 0 radical (unpaired) electrons. The SMILES string of the molecule is O=S(=O)(Cc1ncc(C(F)(F)F)cc1Cl)c1ccc(Cl)cc1. The van der Waals surface area contributed by atoms with Gasteiger partial charge in [-0.2, -0.15) is 13.2 Å². The van der Waals surface area contributed by atoms with Gasteiger partial charge in [0.1, 0.15) is 0 Å². The second kappa shape index (κ2) is 6.06. The molecule has 0 saturated heterocycles. The molecule has 9 heteroatoms. The summed E-state index contributed by atoms with van der Waals surface area (Å²) in [5, 5.41) is 0.0111. The van der Waals surface area contributed by atoms with E-state index in [0.29, 0.717) is 17.3 Å². The molecule has 0 aliphatic rings. The Labute approximate surface area is 134 Å². The lowest BCUT2D eigenvalue weighted by Crippen LogP contribution is -2.10. The van der Waals surface area contributed by atoms with Crippen molar-refractivity contribution in [2.75, 3.05) is 0 Å². The van der Waals surface area contributed by atoms with Gasteiger partial charge in [-0.25, -0.2) is 8.42 Å². The zero-order valence-corrected chi connectivity index (χ0v) is 13.1. The first-order valence-corrected chi connectivity index (χ1v) is 8.20. The van der Waals surface area contributed by atoms with Gasteiger partial charge in [0.2, 0.25) is 0 Å². The summed E-state index contributed by atoms with van der Waals surface area (Å²) in [5.41, 5.74) is -1.19. The molecule has 1 aromatic heterocycles. The summed E-state index contributed by atoms with van der Waals surface area (Å²) in [6, 6.07) is 6.05. The highest BCUT2D eigenvalue weighted by molar-refractivity contribution is 7.90. The van der Waals surface area contributed by atoms with Gasteiger partial charge >= 0.3 is 6.18 Å². The van der Waals surface area contributed by atoms with E-state index in [4.69, 9.17) is 23.2 Å². The van der Waals surface area contributed by atoms with E-state index in [2.05, 4.69) is 4.98 Å². The zero-order chi connectivity index (χ0) is 16.5. The standard InChI is InChI=1S/C13H8Cl2F3NO2S/c14-9-1-3-10(4-2-9)22(20,21)7-12-11(15)5-8(6-19-12)13(16,17)18/h1-6H,7H2. The molecule has 22 heavy (non-hydrogen) atoms. The Bertz CT molecular complexity index is 790. The smallest absolute Gasteiger partial charge is 0.258 e. The quantitative estimate of drug-likeness (QED) is 0.806. The van der Waals surface area contributed by atoms with E-state index in [1.807, 2.05) is 0 Å². The number of alkyl halides is 3. The molecule has 1 aromatic carbocycles. The molecule has 0 fully saturated rings. The highest BCUT2D eigenvalue weighted by atomic mass is 35.5. The van der Waals surface area contributed by atoms with Crippen LogP contribution in [0.4, 0.5) is 13.2 Å². The van der Waals surface area contributed by atoms with Crippen molar-refractivity contribution in [1.82, 2.24) is 4.98 Å². The summed E-state index contributed by atoms with van der Waals surface area (Å²) in [4.78, 5) is 3.50. The van der Waals surface area contributed by atoms with Crippen molar-refractivity contribution in [2.45, 2.75) is 16.8 Å². The third-order valence-electron chi connectivity index (χ3n) is 2.74. The number of rotatable bonds is 3. The van der Waals surface area contributed by atoms with Crippen molar-refractivity contribution in [1.29, 1.82) is 0 Å². The van der Waals surface area contributed by atoms with E-state index in [-0.39, 0.29) is 15.6 Å². The second-order valence-corrected chi connectivity index (χ2v) is 7.20. The van der Waals surface area contributed by atoms with Crippen LogP contribution in [0.25, 0.3) is 0 Å².